The predicted octanol–water partition coefficient (Wildman–Crippen LogP) is 2.22. The number of allylic oxidation sites excluding steroid dienone is 2. The van der Waals surface area contributed by atoms with Crippen molar-refractivity contribution in [2.24, 2.45) is 23.7 Å². The van der Waals surface area contributed by atoms with Gasteiger partial charge in [-0.15, -0.1) is 0 Å². The van der Waals surface area contributed by atoms with Crippen LogP contribution in [0.2, 0.25) is 0 Å². The Hall–Kier alpha value is -1.65. The van der Waals surface area contributed by atoms with Crippen molar-refractivity contribution in [2.75, 3.05) is 6.54 Å². The van der Waals surface area contributed by atoms with Crippen LogP contribution in [0.3, 0.4) is 0 Å². The Morgan fingerprint density at radius 2 is 1.67 bits per heavy atom. The van der Waals surface area contributed by atoms with Crippen molar-refractivity contribution >= 4 is 17.7 Å². The molecule has 0 unspecified atom stereocenters. The maximum absolute atomic E-state index is 13.0. The van der Waals surface area contributed by atoms with Crippen molar-refractivity contribution in [2.45, 2.75) is 59.0 Å². The van der Waals surface area contributed by atoms with Crippen LogP contribution in [0.4, 0.5) is 0 Å². The molecule has 2 aliphatic carbocycles. The standard InChI is InChI=1S/C19H28N2O3/c1-11(2)20(10-14-9-12(14)3)17(22)13(4)21-18(23)15-7-5-6-8-16(15)19(21)24/h5-6,11-16H,7-10H2,1-4H3/t12-,13+,14-,15-,16-/m1/s1. The molecule has 0 aromatic rings. The van der Waals surface area contributed by atoms with Crippen molar-refractivity contribution in [3.05, 3.63) is 12.2 Å². The van der Waals surface area contributed by atoms with Crippen molar-refractivity contribution in [1.82, 2.24) is 9.80 Å². The minimum absolute atomic E-state index is 0.0736. The highest BCUT2D eigenvalue weighted by Crippen LogP contribution is 2.39. The molecular weight excluding hydrogens is 304 g/mol. The molecule has 5 nitrogen and oxygen atoms in total. The predicted molar refractivity (Wildman–Crippen MR) is 90.8 cm³/mol. The highest BCUT2D eigenvalue weighted by molar-refractivity contribution is 6.08. The van der Waals surface area contributed by atoms with Crippen molar-refractivity contribution in [3.8, 4) is 0 Å². The molecule has 0 bridgehead atoms. The van der Waals surface area contributed by atoms with E-state index in [9.17, 15) is 14.4 Å². The van der Waals surface area contributed by atoms with E-state index in [4.69, 9.17) is 0 Å². The van der Waals surface area contributed by atoms with Gasteiger partial charge in [-0.25, -0.2) is 0 Å². The number of hydrogen-bond acceptors (Lipinski definition) is 3. The number of hydrogen-bond donors (Lipinski definition) is 0. The zero-order valence-corrected chi connectivity index (χ0v) is 15.1. The van der Waals surface area contributed by atoms with Crippen molar-refractivity contribution in [1.29, 1.82) is 0 Å². The minimum Gasteiger partial charge on any atom is -0.338 e. The van der Waals surface area contributed by atoms with E-state index in [2.05, 4.69) is 6.92 Å². The summed E-state index contributed by atoms with van der Waals surface area (Å²) in [4.78, 5) is 41.4. The summed E-state index contributed by atoms with van der Waals surface area (Å²) < 4.78 is 0. The summed E-state index contributed by atoms with van der Waals surface area (Å²) in [5.41, 5.74) is 0. The summed E-state index contributed by atoms with van der Waals surface area (Å²) in [6.45, 7) is 8.62. The zero-order chi connectivity index (χ0) is 17.6. The SMILES string of the molecule is CC(C)N(C[C@H]1C[C@H]1C)C(=O)[C@H](C)N1C(=O)[C@@H]2CC=CC[C@H]2C1=O. The van der Waals surface area contributed by atoms with E-state index in [-0.39, 0.29) is 35.6 Å². The van der Waals surface area contributed by atoms with E-state index < -0.39 is 6.04 Å². The van der Waals surface area contributed by atoms with Gasteiger partial charge in [0, 0.05) is 12.6 Å². The Morgan fingerprint density at radius 3 is 2.08 bits per heavy atom. The lowest BCUT2D eigenvalue weighted by Gasteiger charge is -2.32. The second-order valence-electron chi connectivity index (χ2n) is 7.94. The Balaban J connectivity index is 1.74. The molecule has 3 rings (SSSR count). The summed E-state index contributed by atoms with van der Waals surface area (Å²) in [6.07, 6.45) is 6.32. The molecule has 1 aliphatic heterocycles. The van der Waals surface area contributed by atoms with Gasteiger partial charge >= 0.3 is 0 Å². The lowest BCUT2D eigenvalue weighted by atomic mass is 9.85. The zero-order valence-electron chi connectivity index (χ0n) is 15.1. The van der Waals surface area contributed by atoms with Crippen LogP contribution < -0.4 is 0 Å². The normalized spacial score (nSPS) is 33.0. The quantitative estimate of drug-likeness (QED) is 0.573. The third kappa shape index (κ3) is 2.89. The monoisotopic (exact) mass is 332 g/mol. The minimum atomic E-state index is -0.702. The fourth-order valence-corrected chi connectivity index (χ4v) is 4.02. The first-order valence-electron chi connectivity index (χ1n) is 9.15. The van der Waals surface area contributed by atoms with E-state index in [1.54, 1.807) is 6.92 Å². The van der Waals surface area contributed by atoms with Gasteiger partial charge in [0.25, 0.3) is 0 Å². The molecule has 0 radical (unpaired) electrons. The largest absolute Gasteiger partial charge is 0.338 e. The van der Waals surface area contributed by atoms with Crippen LogP contribution in [-0.2, 0) is 14.4 Å². The van der Waals surface area contributed by atoms with Crippen LogP contribution in [-0.4, -0.2) is 46.1 Å². The number of imide groups is 1. The summed E-state index contributed by atoms with van der Waals surface area (Å²) in [6, 6.07) is -0.628. The molecule has 5 heteroatoms. The van der Waals surface area contributed by atoms with E-state index >= 15 is 0 Å². The third-order valence-electron chi connectivity index (χ3n) is 5.90. The van der Waals surface area contributed by atoms with Crippen LogP contribution in [0.25, 0.3) is 0 Å². The maximum Gasteiger partial charge on any atom is 0.245 e. The molecule has 0 aromatic heterocycles. The Labute approximate surface area is 144 Å². The van der Waals surface area contributed by atoms with Gasteiger partial charge < -0.3 is 4.90 Å². The molecule has 24 heavy (non-hydrogen) atoms. The van der Waals surface area contributed by atoms with Crippen LogP contribution in [0.15, 0.2) is 12.2 Å². The number of amides is 3. The Bertz CT molecular complexity index is 557. The van der Waals surface area contributed by atoms with Crippen LogP contribution in [0.5, 0.6) is 0 Å². The topological polar surface area (TPSA) is 57.7 Å². The highest BCUT2D eigenvalue weighted by Gasteiger charge is 2.51. The molecule has 0 spiro atoms. The number of nitrogens with zero attached hydrogens (tertiary/aromatic N) is 2. The van der Waals surface area contributed by atoms with Crippen molar-refractivity contribution < 1.29 is 14.4 Å². The van der Waals surface area contributed by atoms with E-state index in [1.807, 2.05) is 30.9 Å². The molecule has 1 saturated carbocycles. The first kappa shape index (κ1) is 17.2. The van der Waals surface area contributed by atoms with Crippen LogP contribution >= 0.6 is 0 Å². The molecule has 1 saturated heterocycles. The second-order valence-corrected chi connectivity index (χ2v) is 7.94. The van der Waals surface area contributed by atoms with E-state index in [0.29, 0.717) is 24.7 Å². The van der Waals surface area contributed by atoms with Crippen LogP contribution in [0, 0.1) is 23.7 Å². The number of carbonyl (C=O) groups excluding carboxylic acids is 3. The van der Waals surface area contributed by atoms with Gasteiger partial charge in [-0.1, -0.05) is 19.1 Å². The molecule has 2 fully saturated rings. The summed E-state index contributed by atoms with van der Waals surface area (Å²) >= 11 is 0. The lowest BCUT2D eigenvalue weighted by Crippen LogP contribution is -2.52. The lowest BCUT2D eigenvalue weighted by molar-refractivity contribution is -0.151. The molecule has 3 aliphatic rings. The van der Waals surface area contributed by atoms with Gasteiger partial charge in [-0.2, -0.15) is 0 Å². The van der Waals surface area contributed by atoms with E-state index in [1.165, 1.54) is 4.90 Å². The fraction of sp³-hybridized carbons (Fsp3) is 0.737. The molecular formula is C19H28N2O3. The third-order valence-corrected chi connectivity index (χ3v) is 5.90. The van der Waals surface area contributed by atoms with Gasteiger partial charge in [0.05, 0.1) is 11.8 Å². The summed E-state index contributed by atoms with van der Waals surface area (Å²) in [5.74, 6) is 0.246. The highest BCUT2D eigenvalue weighted by atomic mass is 16.2. The first-order valence-corrected chi connectivity index (χ1v) is 9.15. The second kappa shape index (κ2) is 6.34. The molecule has 3 amide bonds. The number of carbonyl (C=O) groups is 3. The van der Waals surface area contributed by atoms with Gasteiger partial charge in [0.2, 0.25) is 17.7 Å². The van der Waals surface area contributed by atoms with Gasteiger partial charge in [-0.05, 0) is 51.9 Å². The van der Waals surface area contributed by atoms with E-state index in [0.717, 1.165) is 13.0 Å². The van der Waals surface area contributed by atoms with Gasteiger partial charge in [0.1, 0.15) is 6.04 Å². The van der Waals surface area contributed by atoms with Gasteiger partial charge in [0.15, 0.2) is 0 Å². The molecule has 0 N–H and O–H groups in total. The van der Waals surface area contributed by atoms with Gasteiger partial charge in [-0.3, -0.25) is 19.3 Å². The van der Waals surface area contributed by atoms with Crippen molar-refractivity contribution in [3.63, 3.8) is 0 Å². The first-order chi connectivity index (χ1) is 11.3. The average molecular weight is 332 g/mol. The average Bonchev–Trinajstić information content (AvgIpc) is 3.19. The molecule has 132 valence electrons. The number of rotatable bonds is 5. The summed E-state index contributed by atoms with van der Waals surface area (Å²) in [7, 11) is 0. The fourth-order valence-electron chi connectivity index (χ4n) is 4.02. The Morgan fingerprint density at radius 1 is 1.17 bits per heavy atom. The smallest absolute Gasteiger partial charge is 0.245 e. The number of likely N-dealkylation sites (tertiary alicyclic amines) is 1. The maximum atomic E-state index is 13.0. The van der Waals surface area contributed by atoms with Crippen LogP contribution in [0.1, 0.15) is 47.0 Å². The Kier molecular flexibility index (Phi) is 4.54. The molecule has 1 heterocycles. The molecule has 5 atom stereocenters. The number of fused-ring (bicyclic) bond motifs is 1. The molecule has 0 aromatic carbocycles. The summed E-state index contributed by atoms with van der Waals surface area (Å²) in [5, 5.41) is 0.